The first-order valence-electron chi connectivity index (χ1n) is 10.8. The van der Waals surface area contributed by atoms with Crippen molar-refractivity contribution in [1.29, 1.82) is 0 Å². The highest BCUT2D eigenvalue weighted by Gasteiger charge is 2.48. The van der Waals surface area contributed by atoms with Gasteiger partial charge in [0.15, 0.2) is 5.54 Å². The van der Waals surface area contributed by atoms with Gasteiger partial charge in [-0.25, -0.2) is 13.2 Å². The number of hydrogen-bond acceptors (Lipinski definition) is 4. The first kappa shape index (κ1) is 28.1. The molecule has 1 aromatic heterocycles. The van der Waals surface area contributed by atoms with Crippen LogP contribution in [0.5, 0.6) is 0 Å². The van der Waals surface area contributed by atoms with Crippen molar-refractivity contribution in [2.24, 2.45) is 0 Å². The second-order valence-electron chi connectivity index (χ2n) is 8.43. The molecule has 13 heteroatoms. The number of hydrogen-bond donors (Lipinski definition) is 1. The fourth-order valence-corrected chi connectivity index (χ4v) is 4.66. The van der Waals surface area contributed by atoms with Crippen LogP contribution in [0.25, 0.3) is 0 Å². The Bertz CT molecular complexity index is 1060. The number of anilines is 1. The van der Waals surface area contributed by atoms with Crippen LogP contribution in [-0.2, 0) is 15.1 Å². The molecule has 1 heterocycles. The van der Waals surface area contributed by atoms with Crippen LogP contribution in [0.2, 0.25) is 0 Å². The van der Waals surface area contributed by atoms with Gasteiger partial charge in [-0.15, -0.1) is 0 Å². The SMILES string of the molecule is CC(C(=O)NC1CCC(F)(F)CC1)(c1cccnc1)N(C(=O)[C@H](F)Cl)c1ccc(SC(F)(F)F)cc1. The number of benzene rings is 1. The monoisotopic (exact) mass is 553 g/mol. The Labute approximate surface area is 212 Å². The molecule has 0 radical (unpaired) electrons. The lowest BCUT2D eigenvalue weighted by Crippen LogP contribution is -2.60. The summed E-state index contributed by atoms with van der Waals surface area (Å²) in [6.45, 7) is 1.30. The van der Waals surface area contributed by atoms with Crippen molar-refractivity contribution in [3.8, 4) is 0 Å². The highest BCUT2D eigenvalue weighted by atomic mass is 35.5. The smallest absolute Gasteiger partial charge is 0.351 e. The van der Waals surface area contributed by atoms with E-state index in [2.05, 4.69) is 10.3 Å². The van der Waals surface area contributed by atoms with Crippen LogP contribution in [-0.4, -0.2) is 39.9 Å². The van der Waals surface area contributed by atoms with Gasteiger partial charge in [-0.1, -0.05) is 17.7 Å². The molecule has 1 N–H and O–H groups in total. The van der Waals surface area contributed by atoms with Crippen molar-refractivity contribution in [2.75, 3.05) is 4.90 Å². The standard InChI is InChI=1S/C23H22ClF6N3O2S/c1-21(14-3-2-12-31-13-14,20(35)32-15-8-10-22(26,27)11-9-15)33(19(34)18(24)25)16-4-6-17(7-5-16)36-23(28,29)30/h2-7,12-13,15,18H,8-11H2,1H3,(H,32,35)/t18-,21?/m0/s1. The molecule has 5 nitrogen and oxygen atoms in total. The van der Waals surface area contributed by atoms with E-state index in [1.165, 1.54) is 31.5 Å². The van der Waals surface area contributed by atoms with E-state index < -0.39 is 53.3 Å². The third-order valence-electron chi connectivity index (χ3n) is 5.90. The van der Waals surface area contributed by atoms with Gasteiger partial charge in [-0.05, 0) is 61.9 Å². The summed E-state index contributed by atoms with van der Waals surface area (Å²) in [7, 11) is 0. The van der Waals surface area contributed by atoms with Gasteiger partial charge in [-0.2, -0.15) is 13.2 Å². The average molecular weight is 554 g/mol. The zero-order valence-corrected chi connectivity index (χ0v) is 20.4. The van der Waals surface area contributed by atoms with Crippen molar-refractivity contribution in [2.45, 2.75) is 66.1 Å². The van der Waals surface area contributed by atoms with Crippen LogP contribution in [0.15, 0.2) is 53.7 Å². The first-order valence-corrected chi connectivity index (χ1v) is 12.1. The molecule has 196 valence electrons. The zero-order valence-electron chi connectivity index (χ0n) is 18.9. The number of amides is 2. The molecule has 1 unspecified atom stereocenters. The van der Waals surface area contributed by atoms with Crippen molar-refractivity contribution in [3.05, 3.63) is 54.4 Å². The molecule has 0 aliphatic heterocycles. The van der Waals surface area contributed by atoms with Gasteiger partial charge in [0, 0.05) is 47.4 Å². The zero-order chi connectivity index (χ0) is 26.7. The molecule has 3 rings (SSSR count). The van der Waals surface area contributed by atoms with Gasteiger partial charge in [0.1, 0.15) is 0 Å². The van der Waals surface area contributed by atoms with E-state index in [0.29, 0.717) is 0 Å². The number of rotatable bonds is 7. The predicted octanol–water partition coefficient (Wildman–Crippen LogP) is 6.17. The van der Waals surface area contributed by atoms with Crippen molar-refractivity contribution < 1.29 is 35.9 Å². The van der Waals surface area contributed by atoms with Crippen LogP contribution in [0.1, 0.15) is 38.2 Å². The maximum absolute atomic E-state index is 14.2. The Balaban J connectivity index is 2.04. The summed E-state index contributed by atoms with van der Waals surface area (Å²) in [5.41, 5.74) is -9.10. The molecule has 1 fully saturated rings. The fourth-order valence-electron chi connectivity index (χ4n) is 4.02. The van der Waals surface area contributed by atoms with E-state index >= 15 is 0 Å². The van der Waals surface area contributed by atoms with E-state index in [4.69, 9.17) is 11.6 Å². The summed E-state index contributed by atoms with van der Waals surface area (Å²) in [5.74, 6) is -5.00. The minimum Gasteiger partial charge on any atom is -0.351 e. The lowest BCUT2D eigenvalue weighted by atomic mass is 9.87. The molecular formula is C23H22ClF6N3O2S. The van der Waals surface area contributed by atoms with Gasteiger partial charge in [0.2, 0.25) is 5.92 Å². The van der Waals surface area contributed by atoms with E-state index in [0.717, 1.165) is 29.2 Å². The number of carbonyl (C=O) groups excluding carboxylic acids is 2. The minimum atomic E-state index is -4.56. The maximum atomic E-state index is 14.2. The van der Waals surface area contributed by atoms with E-state index in [1.54, 1.807) is 0 Å². The number of nitrogens with zero attached hydrogens (tertiary/aromatic N) is 2. The number of pyridine rings is 1. The van der Waals surface area contributed by atoms with Gasteiger partial charge < -0.3 is 5.32 Å². The van der Waals surface area contributed by atoms with Crippen molar-refractivity contribution >= 4 is 40.9 Å². The third kappa shape index (κ3) is 6.64. The van der Waals surface area contributed by atoms with Crippen molar-refractivity contribution in [1.82, 2.24) is 10.3 Å². The first-order chi connectivity index (χ1) is 16.7. The van der Waals surface area contributed by atoms with Gasteiger partial charge in [0.25, 0.3) is 17.4 Å². The quantitative estimate of drug-likeness (QED) is 0.253. The van der Waals surface area contributed by atoms with E-state index in [1.807, 2.05) is 0 Å². The molecule has 2 atom stereocenters. The number of halogens is 7. The van der Waals surface area contributed by atoms with Gasteiger partial charge in [-0.3, -0.25) is 19.5 Å². The predicted molar refractivity (Wildman–Crippen MR) is 124 cm³/mol. The Kier molecular flexibility index (Phi) is 8.49. The summed E-state index contributed by atoms with van der Waals surface area (Å²) in [5, 5.41) is 2.67. The number of thioether (sulfide) groups is 1. The molecular weight excluding hydrogens is 532 g/mol. The maximum Gasteiger partial charge on any atom is 0.446 e. The molecule has 2 aromatic rings. The van der Waals surface area contributed by atoms with E-state index in [-0.39, 0.29) is 40.7 Å². The molecule has 1 saturated carbocycles. The average Bonchev–Trinajstić information content (AvgIpc) is 2.81. The Morgan fingerprint density at radius 2 is 1.78 bits per heavy atom. The number of aromatic nitrogens is 1. The molecule has 2 amide bonds. The third-order valence-corrected chi connectivity index (χ3v) is 6.83. The number of alkyl halides is 7. The molecule has 1 aliphatic rings. The number of nitrogens with one attached hydrogen (secondary N) is 1. The Morgan fingerprint density at radius 1 is 1.17 bits per heavy atom. The summed E-state index contributed by atoms with van der Waals surface area (Å²) in [4.78, 5) is 31.2. The topological polar surface area (TPSA) is 62.3 Å². The highest BCUT2D eigenvalue weighted by Crippen LogP contribution is 2.40. The van der Waals surface area contributed by atoms with Crippen LogP contribution < -0.4 is 10.2 Å². The van der Waals surface area contributed by atoms with Crippen LogP contribution in [0.3, 0.4) is 0 Å². The minimum absolute atomic E-state index is 0.0135. The normalized spacial score (nSPS) is 18.7. The summed E-state index contributed by atoms with van der Waals surface area (Å²) in [6.07, 6.45) is 1.78. The van der Waals surface area contributed by atoms with Gasteiger partial charge in [0.05, 0.1) is 0 Å². The molecule has 0 bridgehead atoms. The number of carbonyl (C=O) groups is 2. The second kappa shape index (κ2) is 10.9. The fraction of sp³-hybridized carbons (Fsp3) is 0.435. The largest absolute Gasteiger partial charge is 0.446 e. The van der Waals surface area contributed by atoms with Crippen molar-refractivity contribution in [3.63, 3.8) is 0 Å². The van der Waals surface area contributed by atoms with E-state index in [9.17, 15) is 35.9 Å². The Morgan fingerprint density at radius 3 is 2.28 bits per heavy atom. The highest BCUT2D eigenvalue weighted by molar-refractivity contribution is 8.00. The summed E-state index contributed by atoms with van der Waals surface area (Å²) >= 11 is 5.09. The summed E-state index contributed by atoms with van der Waals surface area (Å²) < 4.78 is 79.6. The lowest BCUT2D eigenvalue weighted by molar-refractivity contribution is -0.132. The molecule has 0 spiro atoms. The van der Waals surface area contributed by atoms with Crippen LogP contribution in [0.4, 0.5) is 32.0 Å². The molecule has 0 saturated heterocycles. The summed E-state index contributed by atoms with van der Waals surface area (Å²) in [6, 6.07) is 6.70. The lowest BCUT2D eigenvalue weighted by Gasteiger charge is -2.41. The second-order valence-corrected chi connectivity index (χ2v) is 9.96. The molecule has 1 aliphatic carbocycles. The molecule has 36 heavy (non-hydrogen) atoms. The van der Waals surface area contributed by atoms with Gasteiger partial charge >= 0.3 is 5.51 Å². The Hall–Kier alpha value is -2.47. The molecule has 1 aromatic carbocycles. The van der Waals surface area contributed by atoms with Crippen LogP contribution >= 0.6 is 23.4 Å². The van der Waals surface area contributed by atoms with Crippen LogP contribution in [0, 0.1) is 0 Å².